The average molecular weight is 438 g/mol. The minimum Gasteiger partial charge on any atom is -0.494 e. The minimum absolute atomic E-state index is 0.0309. The zero-order chi connectivity index (χ0) is 21.6. The van der Waals surface area contributed by atoms with Crippen molar-refractivity contribution in [1.29, 1.82) is 0 Å². The number of hydrogen-bond donors (Lipinski definition) is 1. The summed E-state index contributed by atoms with van der Waals surface area (Å²) in [4.78, 5) is 15.0. The summed E-state index contributed by atoms with van der Waals surface area (Å²) in [6.07, 6.45) is 5.47. The molecule has 0 aliphatic carbocycles. The van der Waals surface area contributed by atoms with Crippen molar-refractivity contribution in [2.45, 2.75) is 45.6 Å². The normalized spacial score (nSPS) is 13.2. The molecule has 2 aromatic carbocycles. The standard InChI is InChI=1S/C25H28ClN3O2/c1-2-3-4-5-16-31-21-12-8-19(9-13-21)25(30)29-15-14-23-22(17-29)24(28-27-23)18-6-10-20(26)11-7-18/h6-13H,2-5,14-17H2,1H3,(H,27,28). The third-order valence-electron chi connectivity index (χ3n) is 5.71. The van der Waals surface area contributed by atoms with Crippen molar-refractivity contribution in [3.05, 3.63) is 70.4 Å². The molecule has 5 nitrogen and oxygen atoms in total. The molecule has 1 aliphatic heterocycles. The second-order valence-electron chi connectivity index (χ2n) is 7.95. The molecule has 1 aliphatic rings. The van der Waals surface area contributed by atoms with Gasteiger partial charge in [-0.05, 0) is 42.8 Å². The Bertz CT molecular complexity index is 1010. The van der Waals surface area contributed by atoms with Crippen LogP contribution in [0.15, 0.2) is 48.5 Å². The quantitative estimate of drug-likeness (QED) is 0.447. The van der Waals surface area contributed by atoms with E-state index in [9.17, 15) is 4.79 Å². The molecule has 1 N–H and O–H groups in total. The van der Waals surface area contributed by atoms with Gasteiger partial charge in [-0.3, -0.25) is 9.89 Å². The van der Waals surface area contributed by atoms with E-state index in [1.807, 2.05) is 53.4 Å². The van der Waals surface area contributed by atoms with E-state index in [4.69, 9.17) is 16.3 Å². The highest BCUT2D eigenvalue weighted by molar-refractivity contribution is 6.30. The van der Waals surface area contributed by atoms with Gasteiger partial charge in [0.1, 0.15) is 5.75 Å². The van der Waals surface area contributed by atoms with Crippen LogP contribution in [-0.2, 0) is 13.0 Å². The van der Waals surface area contributed by atoms with Crippen LogP contribution in [0.4, 0.5) is 0 Å². The van der Waals surface area contributed by atoms with Crippen molar-refractivity contribution in [2.24, 2.45) is 0 Å². The Morgan fingerprint density at radius 1 is 1.10 bits per heavy atom. The first kappa shape index (κ1) is 21.4. The number of benzene rings is 2. The molecule has 1 amide bonds. The molecule has 2 heterocycles. The van der Waals surface area contributed by atoms with Gasteiger partial charge < -0.3 is 9.64 Å². The van der Waals surface area contributed by atoms with Crippen molar-refractivity contribution in [2.75, 3.05) is 13.2 Å². The van der Waals surface area contributed by atoms with Crippen LogP contribution in [0.25, 0.3) is 11.3 Å². The summed E-state index contributed by atoms with van der Waals surface area (Å²) < 4.78 is 5.80. The van der Waals surface area contributed by atoms with Crippen LogP contribution in [0.5, 0.6) is 5.75 Å². The maximum absolute atomic E-state index is 13.1. The molecule has 0 fully saturated rings. The number of hydrogen-bond acceptors (Lipinski definition) is 3. The smallest absolute Gasteiger partial charge is 0.254 e. The van der Waals surface area contributed by atoms with Gasteiger partial charge >= 0.3 is 0 Å². The van der Waals surface area contributed by atoms with Gasteiger partial charge in [0.25, 0.3) is 5.91 Å². The van der Waals surface area contributed by atoms with E-state index in [0.29, 0.717) is 23.7 Å². The Morgan fingerprint density at radius 3 is 2.61 bits per heavy atom. The summed E-state index contributed by atoms with van der Waals surface area (Å²) >= 11 is 6.02. The van der Waals surface area contributed by atoms with Gasteiger partial charge in [-0.25, -0.2) is 0 Å². The molecule has 6 heteroatoms. The van der Waals surface area contributed by atoms with Crippen LogP contribution in [0.3, 0.4) is 0 Å². The number of unbranched alkanes of at least 4 members (excludes halogenated alkanes) is 3. The number of aromatic amines is 1. The highest BCUT2D eigenvalue weighted by Gasteiger charge is 2.26. The Kier molecular flexibility index (Phi) is 6.92. The lowest BCUT2D eigenvalue weighted by molar-refractivity contribution is 0.0734. The number of rotatable bonds is 8. The number of ether oxygens (including phenoxy) is 1. The summed E-state index contributed by atoms with van der Waals surface area (Å²) in [6.45, 7) is 4.13. The fourth-order valence-electron chi connectivity index (χ4n) is 3.91. The fourth-order valence-corrected chi connectivity index (χ4v) is 4.04. The molecule has 0 saturated carbocycles. The number of aromatic nitrogens is 2. The number of carbonyl (C=O) groups is 1. The minimum atomic E-state index is 0.0309. The third-order valence-corrected chi connectivity index (χ3v) is 5.96. The van der Waals surface area contributed by atoms with E-state index in [0.717, 1.165) is 47.7 Å². The Labute approximate surface area is 188 Å². The van der Waals surface area contributed by atoms with E-state index in [1.54, 1.807) is 0 Å². The van der Waals surface area contributed by atoms with E-state index >= 15 is 0 Å². The Balaban J connectivity index is 1.41. The Hall–Kier alpha value is -2.79. The molecule has 0 atom stereocenters. The van der Waals surface area contributed by atoms with Crippen LogP contribution in [-0.4, -0.2) is 34.2 Å². The molecule has 4 rings (SSSR count). The van der Waals surface area contributed by atoms with Gasteiger partial charge in [-0.1, -0.05) is 49.9 Å². The number of nitrogens with one attached hydrogen (secondary N) is 1. The highest BCUT2D eigenvalue weighted by atomic mass is 35.5. The Morgan fingerprint density at radius 2 is 1.87 bits per heavy atom. The largest absolute Gasteiger partial charge is 0.494 e. The predicted molar refractivity (Wildman–Crippen MR) is 124 cm³/mol. The van der Waals surface area contributed by atoms with E-state index in [2.05, 4.69) is 17.1 Å². The lowest BCUT2D eigenvalue weighted by Gasteiger charge is -2.27. The summed E-state index contributed by atoms with van der Waals surface area (Å²) in [5.74, 6) is 0.845. The molecule has 162 valence electrons. The fraction of sp³-hybridized carbons (Fsp3) is 0.360. The molecule has 0 bridgehead atoms. The molecule has 0 spiro atoms. The molecular formula is C25H28ClN3O2. The highest BCUT2D eigenvalue weighted by Crippen LogP contribution is 2.30. The molecule has 1 aromatic heterocycles. The summed E-state index contributed by atoms with van der Waals surface area (Å²) in [6, 6.07) is 15.1. The maximum Gasteiger partial charge on any atom is 0.254 e. The van der Waals surface area contributed by atoms with Crippen LogP contribution in [0, 0.1) is 0 Å². The van der Waals surface area contributed by atoms with Crippen molar-refractivity contribution >= 4 is 17.5 Å². The van der Waals surface area contributed by atoms with Gasteiger partial charge in [0.2, 0.25) is 0 Å². The first-order valence-electron chi connectivity index (χ1n) is 11.0. The van der Waals surface area contributed by atoms with Crippen LogP contribution >= 0.6 is 11.6 Å². The number of H-pyrrole nitrogens is 1. The van der Waals surface area contributed by atoms with Gasteiger partial charge in [0, 0.05) is 46.9 Å². The molecule has 3 aromatic rings. The van der Waals surface area contributed by atoms with Crippen molar-refractivity contribution in [3.63, 3.8) is 0 Å². The number of halogens is 1. The lowest BCUT2D eigenvalue weighted by atomic mass is 10.0. The third kappa shape index (κ3) is 5.10. The van der Waals surface area contributed by atoms with E-state index in [-0.39, 0.29) is 5.91 Å². The predicted octanol–water partition coefficient (Wildman–Crippen LogP) is 5.89. The number of carbonyl (C=O) groups excluding carboxylic acids is 1. The summed E-state index contributed by atoms with van der Waals surface area (Å²) in [7, 11) is 0. The molecule has 0 unspecified atom stereocenters. The topological polar surface area (TPSA) is 58.2 Å². The molecule has 0 saturated heterocycles. The van der Waals surface area contributed by atoms with Gasteiger partial charge in [-0.2, -0.15) is 5.10 Å². The van der Waals surface area contributed by atoms with Crippen LogP contribution < -0.4 is 4.74 Å². The van der Waals surface area contributed by atoms with Crippen molar-refractivity contribution < 1.29 is 9.53 Å². The molecular weight excluding hydrogens is 410 g/mol. The van der Waals surface area contributed by atoms with Gasteiger partial charge in [0.15, 0.2) is 0 Å². The second-order valence-corrected chi connectivity index (χ2v) is 8.38. The SMILES string of the molecule is CCCCCCOc1ccc(C(=O)N2CCc3[nH]nc(-c4ccc(Cl)cc4)c3C2)cc1. The maximum atomic E-state index is 13.1. The van der Waals surface area contributed by atoms with Gasteiger partial charge in [-0.15, -0.1) is 0 Å². The van der Waals surface area contributed by atoms with Crippen molar-refractivity contribution in [3.8, 4) is 17.0 Å². The monoisotopic (exact) mass is 437 g/mol. The first-order chi connectivity index (χ1) is 15.2. The summed E-state index contributed by atoms with van der Waals surface area (Å²) in [5.41, 5.74) is 4.74. The number of amides is 1. The van der Waals surface area contributed by atoms with E-state index in [1.165, 1.54) is 19.3 Å². The average Bonchev–Trinajstić information content (AvgIpc) is 3.23. The number of fused-ring (bicyclic) bond motifs is 1. The van der Waals surface area contributed by atoms with Crippen LogP contribution in [0.1, 0.15) is 54.2 Å². The number of nitrogens with zero attached hydrogens (tertiary/aromatic N) is 2. The lowest BCUT2D eigenvalue weighted by Crippen LogP contribution is -2.35. The summed E-state index contributed by atoms with van der Waals surface area (Å²) in [5, 5.41) is 8.33. The molecule has 0 radical (unpaired) electrons. The second kappa shape index (κ2) is 10.0. The van der Waals surface area contributed by atoms with Crippen LogP contribution in [0.2, 0.25) is 5.02 Å². The van der Waals surface area contributed by atoms with Crippen molar-refractivity contribution in [1.82, 2.24) is 15.1 Å². The van der Waals surface area contributed by atoms with Gasteiger partial charge in [0.05, 0.1) is 12.3 Å². The molecule has 31 heavy (non-hydrogen) atoms. The zero-order valence-electron chi connectivity index (χ0n) is 17.9. The van der Waals surface area contributed by atoms with E-state index < -0.39 is 0 Å². The zero-order valence-corrected chi connectivity index (χ0v) is 18.6. The first-order valence-corrected chi connectivity index (χ1v) is 11.4.